The van der Waals surface area contributed by atoms with Gasteiger partial charge in [-0.15, -0.1) is 11.3 Å². The van der Waals surface area contributed by atoms with Crippen LogP contribution < -0.4 is 14.8 Å². The highest BCUT2D eigenvalue weighted by atomic mass is 32.1. The third kappa shape index (κ3) is 4.16. The van der Waals surface area contributed by atoms with Gasteiger partial charge in [0, 0.05) is 6.54 Å². The number of nitrogens with one attached hydrogen (secondary N) is 1. The molecule has 2 aromatic rings. The number of hydrogen-bond acceptors (Lipinski definition) is 5. The largest absolute Gasteiger partial charge is 0.493 e. The Morgan fingerprint density at radius 2 is 1.96 bits per heavy atom. The van der Waals surface area contributed by atoms with Crippen LogP contribution in [0.15, 0.2) is 23.7 Å². The fraction of sp³-hybridized carbons (Fsp3) is 0.333. The second kappa shape index (κ2) is 7.52. The molecule has 9 heteroatoms. The average Bonchev–Trinajstić information content (AvgIpc) is 3.04. The number of alkyl halides is 3. The van der Waals surface area contributed by atoms with Gasteiger partial charge in [0.2, 0.25) is 0 Å². The Morgan fingerprint density at radius 3 is 2.58 bits per heavy atom. The van der Waals surface area contributed by atoms with Crippen LogP contribution in [0.1, 0.15) is 20.9 Å². The summed E-state index contributed by atoms with van der Waals surface area (Å²) < 4.78 is 48.5. The standard InChI is InChI=1S/C15H15F3N2O3S/c1-22-10-4-3-9(7-11(10)23-2)5-6-19-14(21)12-13(15(16,17)18)20-8-24-12/h3-4,7-8H,5-6H2,1-2H3,(H,19,21). The number of ether oxygens (including phenoxy) is 2. The SMILES string of the molecule is COc1ccc(CCNC(=O)c2scnc2C(F)(F)F)cc1OC. The van der Waals surface area contributed by atoms with Gasteiger partial charge in [0.1, 0.15) is 4.88 Å². The van der Waals surface area contributed by atoms with Crippen LogP contribution in [0.2, 0.25) is 0 Å². The predicted octanol–water partition coefficient (Wildman–Crippen LogP) is 3.15. The van der Waals surface area contributed by atoms with Crippen LogP contribution in [0.3, 0.4) is 0 Å². The van der Waals surface area contributed by atoms with E-state index in [1.54, 1.807) is 18.2 Å². The van der Waals surface area contributed by atoms with Crippen LogP contribution in [-0.2, 0) is 12.6 Å². The van der Waals surface area contributed by atoms with Gasteiger partial charge in [-0.05, 0) is 24.1 Å². The molecule has 0 spiro atoms. The monoisotopic (exact) mass is 360 g/mol. The van der Waals surface area contributed by atoms with E-state index in [4.69, 9.17) is 9.47 Å². The van der Waals surface area contributed by atoms with Crippen LogP contribution in [0.4, 0.5) is 13.2 Å². The minimum atomic E-state index is -4.64. The van der Waals surface area contributed by atoms with Gasteiger partial charge < -0.3 is 14.8 Å². The number of thiazole rings is 1. The molecule has 0 aliphatic heterocycles. The maximum Gasteiger partial charge on any atom is 0.434 e. The molecule has 0 unspecified atom stereocenters. The zero-order valence-corrected chi connectivity index (χ0v) is 13.8. The molecule has 1 N–H and O–H groups in total. The average molecular weight is 360 g/mol. The Labute approximate surface area is 140 Å². The number of methoxy groups -OCH3 is 2. The predicted molar refractivity (Wildman–Crippen MR) is 82.7 cm³/mol. The molecule has 0 bridgehead atoms. The molecular formula is C15H15F3N2O3S. The minimum Gasteiger partial charge on any atom is -0.493 e. The maximum absolute atomic E-state index is 12.7. The van der Waals surface area contributed by atoms with Gasteiger partial charge >= 0.3 is 6.18 Å². The first-order chi connectivity index (χ1) is 11.4. The van der Waals surface area contributed by atoms with Crippen molar-refractivity contribution in [2.75, 3.05) is 20.8 Å². The van der Waals surface area contributed by atoms with Gasteiger partial charge in [-0.25, -0.2) is 4.98 Å². The van der Waals surface area contributed by atoms with Crippen molar-refractivity contribution in [3.8, 4) is 11.5 Å². The van der Waals surface area contributed by atoms with E-state index < -0.39 is 22.7 Å². The molecule has 130 valence electrons. The van der Waals surface area contributed by atoms with Crippen molar-refractivity contribution in [1.29, 1.82) is 0 Å². The summed E-state index contributed by atoms with van der Waals surface area (Å²) in [5, 5.41) is 2.47. The van der Waals surface area contributed by atoms with Crippen molar-refractivity contribution in [2.24, 2.45) is 0 Å². The van der Waals surface area contributed by atoms with E-state index in [9.17, 15) is 18.0 Å². The first-order valence-electron chi connectivity index (χ1n) is 6.86. The lowest BCUT2D eigenvalue weighted by Gasteiger charge is -2.10. The fourth-order valence-electron chi connectivity index (χ4n) is 2.05. The Morgan fingerprint density at radius 1 is 1.25 bits per heavy atom. The number of hydrogen-bond donors (Lipinski definition) is 1. The molecule has 0 radical (unpaired) electrons. The Hall–Kier alpha value is -2.29. The third-order valence-corrected chi connectivity index (χ3v) is 4.01. The van der Waals surface area contributed by atoms with Gasteiger partial charge in [-0.2, -0.15) is 13.2 Å². The zero-order chi connectivity index (χ0) is 17.7. The summed E-state index contributed by atoms with van der Waals surface area (Å²) in [4.78, 5) is 14.7. The number of benzene rings is 1. The van der Waals surface area contributed by atoms with Crippen molar-refractivity contribution in [3.63, 3.8) is 0 Å². The normalized spacial score (nSPS) is 11.2. The number of amides is 1. The molecule has 0 atom stereocenters. The lowest BCUT2D eigenvalue weighted by molar-refractivity contribution is -0.141. The van der Waals surface area contributed by atoms with Gasteiger partial charge in [0.05, 0.1) is 19.7 Å². The summed E-state index contributed by atoms with van der Waals surface area (Å²) in [6, 6.07) is 5.26. The van der Waals surface area contributed by atoms with E-state index in [0.29, 0.717) is 29.3 Å². The highest BCUT2D eigenvalue weighted by Crippen LogP contribution is 2.32. The van der Waals surface area contributed by atoms with Gasteiger partial charge in [-0.1, -0.05) is 6.07 Å². The summed E-state index contributed by atoms with van der Waals surface area (Å²) in [5.74, 6) is 0.332. The molecule has 0 saturated carbocycles. The third-order valence-electron chi connectivity index (χ3n) is 3.19. The Balaban J connectivity index is 1.97. The summed E-state index contributed by atoms with van der Waals surface area (Å²) in [6.45, 7) is 0.184. The number of halogens is 3. The molecule has 1 aromatic heterocycles. The fourth-order valence-corrected chi connectivity index (χ4v) is 2.77. The number of nitrogens with zero attached hydrogens (tertiary/aromatic N) is 1. The van der Waals surface area contributed by atoms with Crippen molar-refractivity contribution in [1.82, 2.24) is 10.3 Å². The Kier molecular flexibility index (Phi) is 5.66. The molecule has 5 nitrogen and oxygen atoms in total. The molecule has 0 aliphatic rings. The summed E-state index contributed by atoms with van der Waals surface area (Å²) in [7, 11) is 3.02. The molecule has 1 amide bonds. The van der Waals surface area contributed by atoms with Crippen molar-refractivity contribution < 1.29 is 27.4 Å². The quantitative estimate of drug-likeness (QED) is 0.860. The lowest BCUT2D eigenvalue weighted by atomic mass is 10.1. The second-order valence-electron chi connectivity index (χ2n) is 4.72. The number of carbonyl (C=O) groups excluding carboxylic acids is 1. The molecule has 0 fully saturated rings. The summed E-state index contributed by atoms with van der Waals surface area (Å²) in [5.41, 5.74) is 0.705. The van der Waals surface area contributed by atoms with E-state index in [0.717, 1.165) is 11.1 Å². The number of rotatable bonds is 6. The highest BCUT2D eigenvalue weighted by molar-refractivity contribution is 7.11. The number of carbonyl (C=O) groups is 1. The molecule has 2 rings (SSSR count). The van der Waals surface area contributed by atoms with Crippen LogP contribution in [0, 0.1) is 0 Å². The molecule has 0 aliphatic carbocycles. The lowest BCUT2D eigenvalue weighted by Crippen LogP contribution is -2.27. The van der Waals surface area contributed by atoms with Gasteiger partial charge in [-0.3, -0.25) is 4.79 Å². The smallest absolute Gasteiger partial charge is 0.434 e. The first kappa shape index (κ1) is 18.1. The van der Waals surface area contributed by atoms with Crippen LogP contribution >= 0.6 is 11.3 Å². The van der Waals surface area contributed by atoms with Crippen molar-refractivity contribution in [3.05, 3.63) is 39.8 Å². The summed E-state index contributed by atoms with van der Waals surface area (Å²) >= 11 is 0.662. The van der Waals surface area contributed by atoms with Crippen molar-refractivity contribution in [2.45, 2.75) is 12.6 Å². The Bertz CT molecular complexity index is 716. The van der Waals surface area contributed by atoms with Crippen LogP contribution in [-0.4, -0.2) is 31.7 Å². The van der Waals surface area contributed by atoms with E-state index in [1.165, 1.54) is 14.2 Å². The van der Waals surface area contributed by atoms with Crippen molar-refractivity contribution >= 4 is 17.2 Å². The van der Waals surface area contributed by atoms with Gasteiger partial charge in [0.25, 0.3) is 5.91 Å². The maximum atomic E-state index is 12.7. The van der Waals surface area contributed by atoms with E-state index >= 15 is 0 Å². The molecule has 1 aromatic carbocycles. The van der Waals surface area contributed by atoms with E-state index in [-0.39, 0.29) is 6.54 Å². The van der Waals surface area contributed by atoms with Gasteiger partial charge in [0.15, 0.2) is 17.2 Å². The summed E-state index contributed by atoms with van der Waals surface area (Å²) in [6.07, 6.45) is -4.21. The van der Waals surface area contributed by atoms with Crippen LogP contribution in [0.5, 0.6) is 11.5 Å². The molecule has 0 saturated heterocycles. The molecule has 1 heterocycles. The highest BCUT2D eigenvalue weighted by Gasteiger charge is 2.38. The minimum absolute atomic E-state index is 0.184. The topological polar surface area (TPSA) is 60.5 Å². The second-order valence-corrected chi connectivity index (χ2v) is 5.58. The molecular weight excluding hydrogens is 345 g/mol. The molecule has 24 heavy (non-hydrogen) atoms. The van der Waals surface area contributed by atoms with Crippen LogP contribution in [0.25, 0.3) is 0 Å². The first-order valence-corrected chi connectivity index (χ1v) is 7.74. The van der Waals surface area contributed by atoms with E-state index in [1.807, 2.05) is 0 Å². The number of aromatic nitrogens is 1. The van der Waals surface area contributed by atoms with E-state index in [2.05, 4.69) is 10.3 Å². The zero-order valence-electron chi connectivity index (χ0n) is 12.9.